The molecule has 6 heteroatoms. The zero-order valence-electron chi connectivity index (χ0n) is 16.3. The van der Waals surface area contributed by atoms with E-state index in [9.17, 15) is 9.59 Å². The van der Waals surface area contributed by atoms with Gasteiger partial charge >= 0.3 is 6.09 Å². The van der Waals surface area contributed by atoms with Crippen molar-refractivity contribution in [2.24, 2.45) is 11.8 Å². The van der Waals surface area contributed by atoms with Gasteiger partial charge in [-0.1, -0.05) is 43.7 Å². The number of fused-ring (bicyclic) bond motifs is 1. The van der Waals surface area contributed by atoms with E-state index in [0.717, 1.165) is 45.2 Å². The highest BCUT2D eigenvalue weighted by Crippen LogP contribution is 2.38. The smallest absolute Gasteiger partial charge is 0.353 e. The van der Waals surface area contributed by atoms with Crippen molar-refractivity contribution in [3.05, 3.63) is 35.9 Å². The first-order valence-corrected chi connectivity index (χ1v) is 10.0. The zero-order chi connectivity index (χ0) is 19.2. The van der Waals surface area contributed by atoms with E-state index >= 15 is 0 Å². The number of aldehydes is 1. The summed E-state index contributed by atoms with van der Waals surface area (Å²) >= 11 is 0. The summed E-state index contributed by atoms with van der Waals surface area (Å²) in [7, 11) is 1.62. The average molecular weight is 373 g/mol. The topological polar surface area (TPSA) is 61.9 Å². The summed E-state index contributed by atoms with van der Waals surface area (Å²) in [4.78, 5) is 32.6. The van der Waals surface area contributed by atoms with Crippen molar-refractivity contribution < 1.29 is 14.4 Å². The lowest BCUT2D eigenvalue weighted by Gasteiger charge is -2.25. The molecule has 1 N–H and O–H groups in total. The quantitative estimate of drug-likeness (QED) is 0.561. The minimum atomic E-state index is -0.483. The van der Waals surface area contributed by atoms with E-state index in [2.05, 4.69) is 34.6 Å². The number of hydrogen-bond donors (Lipinski definition) is 1. The maximum Gasteiger partial charge on any atom is 0.429 e. The van der Waals surface area contributed by atoms with Crippen LogP contribution in [0.3, 0.4) is 0 Å². The molecule has 2 aliphatic rings. The van der Waals surface area contributed by atoms with E-state index in [1.165, 1.54) is 10.5 Å². The second kappa shape index (κ2) is 9.33. The molecule has 1 aromatic carbocycles. The van der Waals surface area contributed by atoms with Crippen LogP contribution in [-0.2, 0) is 16.2 Å². The third-order valence-electron chi connectivity index (χ3n) is 6.01. The van der Waals surface area contributed by atoms with Crippen LogP contribution >= 0.6 is 0 Å². The lowest BCUT2D eigenvalue weighted by atomic mass is 9.98. The molecule has 1 saturated carbocycles. The Bertz CT molecular complexity index is 624. The number of amides is 1. The highest BCUT2D eigenvalue weighted by Gasteiger charge is 2.43. The largest absolute Gasteiger partial charge is 0.429 e. The molecule has 27 heavy (non-hydrogen) atoms. The Kier molecular flexibility index (Phi) is 6.85. The third kappa shape index (κ3) is 4.87. The van der Waals surface area contributed by atoms with Crippen LogP contribution in [0, 0.1) is 11.8 Å². The minimum Gasteiger partial charge on any atom is -0.353 e. The Morgan fingerprint density at radius 1 is 1.33 bits per heavy atom. The normalized spacial score (nSPS) is 25.8. The Morgan fingerprint density at radius 3 is 2.81 bits per heavy atom. The van der Waals surface area contributed by atoms with Gasteiger partial charge in [0.15, 0.2) is 0 Å². The van der Waals surface area contributed by atoms with Crippen molar-refractivity contribution in [2.75, 3.05) is 20.1 Å². The summed E-state index contributed by atoms with van der Waals surface area (Å²) in [6.07, 6.45) is 4.01. The standard InChI is InChI=1S/C21H31N3O3/c1-3-7-18(15-25)23(2)21(26)27-22-20-11-10-17-13-24(14-19(17)20)12-16-8-5-4-6-9-16/h4-6,8-9,15,17-20,22H,3,7,10-14H2,1-2H3/t17-,18+,19+,20-/m1/s1. The summed E-state index contributed by atoms with van der Waals surface area (Å²) in [5, 5.41) is 0. The number of rotatable bonds is 8. The predicted octanol–water partition coefficient (Wildman–Crippen LogP) is 2.84. The first-order chi connectivity index (χ1) is 13.1. The first kappa shape index (κ1) is 19.8. The summed E-state index contributed by atoms with van der Waals surface area (Å²) < 4.78 is 0. The summed E-state index contributed by atoms with van der Waals surface area (Å²) in [5.74, 6) is 1.16. The first-order valence-electron chi connectivity index (χ1n) is 10.0. The molecule has 1 amide bonds. The Balaban J connectivity index is 1.48. The fourth-order valence-corrected chi connectivity index (χ4v) is 4.46. The molecule has 0 radical (unpaired) electrons. The number of hydrogen-bond acceptors (Lipinski definition) is 5. The summed E-state index contributed by atoms with van der Waals surface area (Å²) in [6, 6.07) is 10.3. The molecule has 6 nitrogen and oxygen atoms in total. The van der Waals surface area contributed by atoms with Crippen molar-refractivity contribution in [2.45, 2.75) is 51.2 Å². The molecule has 1 heterocycles. The highest BCUT2D eigenvalue weighted by molar-refractivity contribution is 5.72. The number of nitrogens with one attached hydrogen (secondary N) is 1. The fourth-order valence-electron chi connectivity index (χ4n) is 4.46. The SMILES string of the molecule is CCC[C@@H](C=O)N(C)C(=O)ON[C@@H]1CC[C@@H]2CN(Cc3ccccc3)C[C@@H]21. The molecule has 0 aromatic heterocycles. The Labute approximate surface area is 161 Å². The van der Waals surface area contributed by atoms with E-state index in [0.29, 0.717) is 18.3 Å². The maximum absolute atomic E-state index is 12.2. The van der Waals surface area contributed by atoms with E-state index in [-0.39, 0.29) is 6.04 Å². The molecule has 4 atom stereocenters. The number of likely N-dealkylation sites (tertiary alicyclic amines) is 1. The van der Waals surface area contributed by atoms with Crippen LogP contribution in [0.1, 0.15) is 38.2 Å². The van der Waals surface area contributed by atoms with Gasteiger partial charge in [0.1, 0.15) is 6.29 Å². The van der Waals surface area contributed by atoms with Crippen LogP contribution in [0.15, 0.2) is 30.3 Å². The summed E-state index contributed by atoms with van der Waals surface area (Å²) in [6.45, 7) is 5.10. The number of hydroxylamine groups is 1. The van der Waals surface area contributed by atoms with Crippen molar-refractivity contribution in [3.63, 3.8) is 0 Å². The molecule has 148 valence electrons. The molecule has 0 unspecified atom stereocenters. The van der Waals surface area contributed by atoms with Crippen molar-refractivity contribution in [1.29, 1.82) is 0 Å². The molecule has 2 fully saturated rings. The zero-order valence-corrected chi connectivity index (χ0v) is 16.3. The number of nitrogens with zero attached hydrogens (tertiary/aromatic N) is 2. The lowest BCUT2D eigenvalue weighted by molar-refractivity contribution is -0.112. The summed E-state index contributed by atoms with van der Waals surface area (Å²) in [5.41, 5.74) is 4.34. The van der Waals surface area contributed by atoms with Gasteiger partial charge in [-0.15, -0.1) is 5.48 Å². The van der Waals surface area contributed by atoms with Crippen LogP contribution in [0.25, 0.3) is 0 Å². The minimum absolute atomic E-state index is 0.189. The van der Waals surface area contributed by atoms with Gasteiger partial charge in [-0.3, -0.25) is 4.90 Å². The predicted molar refractivity (Wildman–Crippen MR) is 104 cm³/mol. The van der Waals surface area contributed by atoms with Gasteiger partial charge in [0.25, 0.3) is 0 Å². The maximum atomic E-state index is 12.2. The lowest BCUT2D eigenvalue weighted by Crippen LogP contribution is -2.44. The number of likely N-dealkylation sites (N-methyl/N-ethyl adjacent to an activating group) is 1. The van der Waals surface area contributed by atoms with Crippen molar-refractivity contribution in [3.8, 4) is 0 Å². The van der Waals surface area contributed by atoms with Crippen molar-refractivity contribution in [1.82, 2.24) is 15.3 Å². The monoisotopic (exact) mass is 373 g/mol. The second-order valence-electron chi connectivity index (χ2n) is 7.88. The van der Waals surface area contributed by atoms with Crippen LogP contribution < -0.4 is 5.48 Å². The Morgan fingerprint density at radius 2 is 2.11 bits per heavy atom. The molecular weight excluding hydrogens is 342 g/mol. The van der Waals surface area contributed by atoms with Crippen LogP contribution in [-0.4, -0.2) is 54.4 Å². The van der Waals surface area contributed by atoms with E-state index in [1.807, 2.05) is 13.0 Å². The van der Waals surface area contributed by atoms with Crippen LogP contribution in [0.5, 0.6) is 0 Å². The molecule has 1 aliphatic carbocycles. The van der Waals surface area contributed by atoms with Gasteiger partial charge in [-0.05, 0) is 36.7 Å². The molecule has 3 rings (SSSR count). The molecule has 1 aromatic rings. The molecule has 0 spiro atoms. The van der Waals surface area contributed by atoms with Gasteiger partial charge in [0, 0.05) is 32.7 Å². The highest BCUT2D eigenvalue weighted by atomic mass is 16.7. The number of benzene rings is 1. The average Bonchev–Trinajstić information content (AvgIpc) is 3.24. The van der Waals surface area contributed by atoms with Crippen LogP contribution in [0.2, 0.25) is 0 Å². The van der Waals surface area contributed by atoms with Gasteiger partial charge in [-0.25, -0.2) is 4.79 Å². The molecule has 0 bridgehead atoms. The van der Waals surface area contributed by atoms with Crippen molar-refractivity contribution >= 4 is 12.4 Å². The van der Waals surface area contributed by atoms with Gasteiger partial charge in [0.2, 0.25) is 0 Å². The second-order valence-corrected chi connectivity index (χ2v) is 7.88. The van der Waals surface area contributed by atoms with E-state index in [1.54, 1.807) is 7.05 Å². The Hall–Kier alpha value is -1.92. The van der Waals surface area contributed by atoms with Gasteiger partial charge < -0.3 is 14.5 Å². The number of carbonyl (C=O) groups excluding carboxylic acids is 2. The molecular formula is C21H31N3O3. The number of carbonyl (C=O) groups is 2. The van der Waals surface area contributed by atoms with E-state index < -0.39 is 12.1 Å². The van der Waals surface area contributed by atoms with E-state index in [4.69, 9.17) is 4.84 Å². The van der Waals surface area contributed by atoms with Gasteiger partial charge in [-0.2, -0.15) is 0 Å². The molecule has 1 aliphatic heterocycles. The van der Waals surface area contributed by atoms with Crippen LogP contribution in [0.4, 0.5) is 4.79 Å². The third-order valence-corrected chi connectivity index (χ3v) is 6.01. The van der Waals surface area contributed by atoms with Gasteiger partial charge in [0.05, 0.1) is 6.04 Å². The fraction of sp³-hybridized carbons (Fsp3) is 0.619. The molecule has 1 saturated heterocycles.